The molecule has 0 aromatic rings. The minimum Gasteiger partial charge on any atom is -0.355 e. The van der Waals surface area contributed by atoms with Crippen LogP contribution in [0.25, 0.3) is 0 Å². The fraction of sp³-hybridized carbons (Fsp3) is 0.917. The Morgan fingerprint density at radius 3 is 2.67 bits per heavy atom. The van der Waals surface area contributed by atoms with Gasteiger partial charge in [-0.3, -0.25) is 4.79 Å². The molecule has 0 saturated heterocycles. The summed E-state index contributed by atoms with van der Waals surface area (Å²) < 4.78 is 0. The third kappa shape index (κ3) is 5.78. The monoisotopic (exact) mass is 212 g/mol. The summed E-state index contributed by atoms with van der Waals surface area (Å²) in [5, 5.41) is 6.07. The zero-order valence-electron chi connectivity index (χ0n) is 9.85. The lowest BCUT2D eigenvalue weighted by Gasteiger charge is -2.10. The van der Waals surface area contributed by atoms with E-state index in [2.05, 4.69) is 17.6 Å². The van der Waals surface area contributed by atoms with Crippen LogP contribution in [0.15, 0.2) is 0 Å². The maximum Gasteiger partial charge on any atom is 0.233 e. The standard InChI is InChI=1S/C12H24N2O/c1-2-8-13-10-12(15)14-9-7-11-5-3-4-6-11/h11,13H,2-10H2,1H3,(H,14,15). The van der Waals surface area contributed by atoms with Gasteiger partial charge in [-0.1, -0.05) is 32.6 Å². The number of rotatable bonds is 7. The van der Waals surface area contributed by atoms with Crippen LogP contribution in [0.2, 0.25) is 0 Å². The van der Waals surface area contributed by atoms with E-state index in [0.29, 0.717) is 6.54 Å². The summed E-state index contributed by atoms with van der Waals surface area (Å²) in [4.78, 5) is 11.3. The largest absolute Gasteiger partial charge is 0.355 e. The maximum absolute atomic E-state index is 11.3. The van der Waals surface area contributed by atoms with E-state index in [1.165, 1.54) is 32.1 Å². The molecule has 1 aliphatic rings. The molecule has 1 fully saturated rings. The highest BCUT2D eigenvalue weighted by Gasteiger charge is 2.14. The van der Waals surface area contributed by atoms with Crippen LogP contribution in [0.5, 0.6) is 0 Å². The van der Waals surface area contributed by atoms with Crippen molar-refractivity contribution in [1.29, 1.82) is 0 Å². The summed E-state index contributed by atoms with van der Waals surface area (Å²) in [5.74, 6) is 1.01. The molecule has 1 amide bonds. The Morgan fingerprint density at radius 2 is 2.00 bits per heavy atom. The number of amides is 1. The Hall–Kier alpha value is -0.570. The number of hydrogen-bond acceptors (Lipinski definition) is 2. The summed E-state index contributed by atoms with van der Waals surface area (Å²) in [5.41, 5.74) is 0. The topological polar surface area (TPSA) is 41.1 Å². The molecule has 3 nitrogen and oxygen atoms in total. The van der Waals surface area contributed by atoms with E-state index >= 15 is 0 Å². The van der Waals surface area contributed by atoms with Crippen LogP contribution < -0.4 is 10.6 Å². The first-order chi connectivity index (χ1) is 7.33. The fourth-order valence-electron chi connectivity index (χ4n) is 2.16. The molecular formula is C12H24N2O. The van der Waals surface area contributed by atoms with Crippen molar-refractivity contribution >= 4 is 5.91 Å². The highest BCUT2D eigenvalue weighted by atomic mass is 16.1. The van der Waals surface area contributed by atoms with Crippen LogP contribution in [-0.4, -0.2) is 25.5 Å². The Balaban J connectivity index is 1.91. The first-order valence-corrected chi connectivity index (χ1v) is 6.30. The van der Waals surface area contributed by atoms with E-state index in [4.69, 9.17) is 0 Å². The van der Waals surface area contributed by atoms with Crippen LogP contribution in [0.3, 0.4) is 0 Å². The zero-order valence-corrected chi connectivity index (χ0v) is 9.85. The van der Waals surface area contributed by atoms with Crippen molar-refractivity contribution in [3.8, 4) is 0 Å². The van der Waals surface area contributed by atoms with Crippen molar-refractivity contribution in [3.05, 3.63) is 0 Å². The van der Waals surface area contributed by atoms with Gasteiger partial charge in [0.15, 0.2) is 0 Å². The first-order valence-electron chi connectivity index (χ1n) is 6.30. The molecule has 3 heteroatoms. The Bertz CT molecular complexity index is 176. The van der Waals surface area contributed by atoms with E-state index in [1.54, 1.807) is 0 Å². The van der Waals surface area contributed by atoms with Gasteiger partial charge in [-0.05, 0) is 25.3 Å². The fourth-order valence-corrected chi connectivity index (χ4v) is 2.16. The van der Waals surface area contributed by atoms with Gasteiger partial charge in [-0.25, -0.2) is 0 Å². The minimum absolute atomic E-state index is 0.140. The molecule has 0 bridgehead atoms. The second-order valence-electron chi connectivity index (χ2n) is 4.47. The van der Waals surface area contributed by atoms with Crippen molar-refractivity contribution in [1.82, 2.24) is 10.6 Å². The lowest BCUT2D eigenvalue weighted by molar-refractivity contribution is -0.120. The second-order valence-corrected chi connectivity index (χ2v) is 4.47. The van der Waals surface area contributed by atoms with E-state index in [9.17, 15) is 4.79 Å². The molecule has 0 aromatic heterocycles. The molecule has 0 unspecified atom stereocenters. The van der Waals surface area contributed by atoms with Gasteiger partial charge in [0, 0.05) is 6.54 Å². The molecule has 0 atom stereocenters. The third-order valence-electron chi connectivity index (χ3n) is 3.06. The Labute approximate surface area is 93.0 Å². The van der Waals surface area contributed by atoms with Gasteiger partial charge in [0.05, 0.1) is 6.54 Å². The molecular weight excluding hydrogens is 188 g/mol. The second kappa shape index (κ2) is 7.69. The highest BCUT2D eigenvalue weighted by Crippen LogP contribution is 2.26. The highest BCUT2D eigenvalue weighted by molar-refractivity contribution is 5.77. The predicted octanol–water partition coefficient (Wildman–Crippen LogP) is 1.68. The lowest BCUT2D eigenvalue weighted by Crippen LogP contribution is -2.35. The zero-order chi connectivity index (χ0) is 10.9. The van der Waals surface area contributed by atoms with E-state index in [1.807, 2.05) is 0 Å². The summed E-state index contributed by atoms with van der Waals surface area (Å²) in [6, 6.07) is 0. The normalized spacial score (nSPS) is 16.9. The SMILES string of the molecule is CCCNCC(=O)NCCC1CCCC1. The van der Waals surface area contributed by atoms with E-state index < -0.39 is 0 Å². The van der Waals surface area contributed by atoms with Gasteiger partial charge in [0.2, 0.25) is 5.91 Å². The molecule has 2 N–H and O–H groups in total. The van der Waals surface area contributed by atoms with Gasteiger partial charge in [-0.15, -0.1) is 0 Å². The molecule has 1 saturated carbocycles. The molecule has 0 spiro atoms. The van der Waals surface area contributed by atoms with Crippen molar-refractivity contribution < 1.29 is 4.79 Å². The molecule has 15 heavy (non-hydrogen) atoms. The number of carbonyl (C=O) groups is 1. The summed E-state index contributed by atoms with van der Waals surface area (Å²) in [7, 11) is 0. The van der Waals surface area contributed by atoms with Crippen LogP contribution in [0.1, 0.15) is 45.4 Å². The number of nitrogens with one attached hydrogen (secondary N) is 2. The summed E-state index contributed by atoms with van der Waals surface area (Å²) in [6.45, 7) is 4.36. The predicted molar refractivity (Wildman–Crippen MR) is 62.7 cm³/mol. The smallest absolute Gasteiger partial charge is 0.233 e. The van der Waals surface area contributed by atoms with Gasteiger partial charge < -0.3 is 10.6 Å². The van der Waals surface area contributed by atoms with Crippen molar-refractivity contribution in [2.45, 2.75) is 45.4 Å². The molecule has 0 aliphatic heterocycles. The summed E-state index contributed by atoms with van der Waals surface area (Å²) >= 11 is 0. The molecule has 1 rings (SSSR count). The van der Waals surface area contributed by atoms with Crippen molar-refractivity contribution in [2.24, 2.45) is 5.92 Å². The van der Waals surface area contributed by atoms with E-state index in [-0.39, 0.29) is 5.91 Å². The Morgan fingerprint density at radius 1 is 1.27 bits per heavy atom. The quantitative estimate of drug-likeness (QED) is 0.630. The maximum atomic E-state index is 11.3. The average Bonchev–Trinajstić information content (AvgIpc) is 2.71. The van der Waals surface area contributed by atoms with Gasteiger partial charge in [-0.2, -0.15) is 0 Å². The van der Waals surface area contributed by atoms with Crippen LogP contribution in [0, 0.1) is 5.92 Å². The minimum atomic E-state index is 0.140. The lowest BCUT2D eigenvalue weighted by atomic mass is 10.0. The molecule has 1 aliphatic carbocycles. The van der Waals surface area contributed by atoms with Crippen LogP contribution in [0.4, 0.5) is 0 Å². The Kier molecular flexibility index (Phi) is 6.41. The summed E-state index contributed by atoms with van der Waals surface area (Å²) in [6.07, 6.45) is 7.75. The van der Waals surface area contributed by atoms with Crippen LogP contribution in [-0.2, 0) is 4.79 Å². The average molecular weight is 212 g/mol. The number of carbonyl (C=O) groups excluding carboxylic acids is 1. The van der Waals surface area contributed by atoms with Crippen LogP contribution >= 0.6 is 0 Å². The van der Waals surface area contributed by atoms with E-state index in [0.717, 1.165) is 25.4 Å². The van der Waals surface area contributed by atoms with Gasteiger partial charge in [0.25, 0.3) is 0 Å². The van der Waals surface area contributed by atoms with Gasteiger partial charge >= 0.3 is 0 Å². The first kappa shape index (κ1) is 12.5. The molecule has 0 radical (unpaired) electrons. The van der Waals surface area contributed by atoms with Crippen molar-refractivity contribution in [3.63, 3.8) is 0 Å². The third-order valence-corrected chi connectivity index (χ3v) is 3.06. The van der Waals surface area contributed by atoms with Gasteiger partial charge in [0.1, 0.15) is 0 Å². The van der Waals surface area contributed by atoms with Crippen molar-refractivity contribution in [2.75, 3.05) is 19.6 Å². The number of hydrogen-bond donors (Lipinski definition) is 2. The molecule has 0 heterocycles. The molecule has 88 valence electrons. The molecule has 0 aromatic carbocycles.